The van der Waals surface area contributed by atoms with Crippen LogP contribution in [-0.4, -0.2) is 29.3 Å². The molecule has 0 radical (unpaired) electrons. The number of aromatic nitrogens is 2. The summed E-state index contributed by atoms with van der Waals surface area (Å²) in [6.45, 7) is 3.24. The summed E-state index contributed by atoms with van der Waals surface area (Å²) >= 11 is 1.43. The van der Waals surface area contributed by atoms with E-state index in [0.29, 0.717) is 30.1 Å². The molecule has 1 aliphatic rings. The first-order chi connectivity index (χ1) is 13.1. The molecule has 0 spiro atoms. The van der Waals surface area contributed by atoms with Gasteiger partial charge < -0.3 is 15.4 Å². The Bertz CT molecular complexity index is 1090. The van der Waals surface area contributed by atoms with Crippen molar-refractivity contribution in [3.8, 4) is 6.07 Å². The summed E-state index contributed by atoms with van der Waals surface area (Å²) in [6.07, 6.45) is 0.685. The molecule has 3 heterocycles. The second-order valence-corrected chi connectivity index (χ2v) is 7.30. The van der Waals surface area contributed by atoms with Crippen LogP contribution in [0.1, 0.15) is 33.4 Å². The first-order valence-electron chi connectivity index (χ1n) is 8.61. The van der Waals surface area contributed by atoms with Crippen LogP contribution in [0, 0.1) is 11.3 Å². The number of thiophene rings is 1. The van der Waals surface area contributed by atoms with Crippen LogP contribution in [0.15, 0.2) is 24.3 Å². The SMILES string of the molecule is CCOC(=O)c1nnc2ccccc2c1N1CCc2c(sc(N)c2C#N)C1. The van der Waals surface area contributed by atoms with Crippen LogP contribution >= 0.6 is 11.3 Å². The van der Waals surface area contributed by atoms with Crippen molar-refractivity contribution in [2.24, 2.45) is 0 Å². The third kappa shape index (κ3) is 2.86. The number of ether oxygens (including phenoxy) is 1. The van der Waals surface area contributed by atoms with E-state index in [1.165, 1.54) is 11.3 Å². The summed E-state index contributed by atoms with van der Waals surface area (Å²) in [5, 5.41) is 19.1. The Morgan fingerprint density at radius 1 is 1.41 bits per heavy atom. The molecule has 0 amide bonds. The van der Waals surface area contributed by atoms with Crippen LogP contribution in [0.3, 0.4) is 0 Å². The highest BCUT2D eigenvalue weighted by Gasteiger charge is 2.29. The van der Waals surface area contributed by atoms with E-state index in [1.807, 2.05) is 24.3 Å². The van der Waals surface area contributed by atoms with Gasteiger partial charge in [0, 0.05) is 16.8 Å². The van der Waals surface area contributed by atoms with Crippen molar-refractivity contribution in [1.29, 1.82) is 5.26 Å². The van der Waals surface area contributed by atoms with E-state index in [0.717, 1.165) is 27.0 Å². The molecule has 1 aliphatic heterocycles. The Morgan fingerprint density at radius 3 is 3.00 bits per heavy atom. The monoisotopic (exact) mass is 379 g/mol. The number of anilines is 2. The highest BCUT2D eigenvalue weighted by molar-refractivity contribution is 7.16. The molecule has 136 valence electrons. The molecule has 0 bridgehead atoms. The lowest BCUT2D eigenvalue weighted by atomic mass is 10.0. The fourth-order valence-corrected chi connectivity index (χ4v) is 4.52. The number of esters is 1. The second-order valence-electron chi connectivity index (χ2n) is 6.16. The van der Waals surface area contributed by atoms with E-state index in [-0.39, 0.29) is 12.3 Å². The molecule has 0 unspecified atom stereocenters. The van der Waals surface area contributed by atoms with Gasteiger partial charge in [0.2, 0.25) is 0 Å². The first-order valence-corrected chi connectivity index (χ1v) is 9.43. The molecule has 0 saturated carbocycles. The number of nitrogens with two attached hydrogens (primary N) is 1. The zero-order valence-electron chi connectivity index (χ0n) is 14.7. The van der Waals surface area contributed by atoms with Crippen molar-refractivity contribution in [1.82, 2.24) is 10.2 Å². The van der Waals surface area contributed by atoms with E-state index in [4.69, 9.17) is 10.5 Å². The Hall–Kier alpha value is -3.18. The van der Waals surface area contributed by atoms with Crippen molar-refractivity contribution in [3.05, 3.63) is 46.0 Å². The smallest absolute Gasteiger partial charge is 0.361 e. The Balaban J connectivity index is 1.84. The predicted octanol–water partition coefficient (Wildman–Crippen LogP) is 2.88. The minimum atomic E-state index is -0.486. The van der Waals surface area contributed by atoms with Gasteiger partial charge in [-0.05, 0) is 25.0 Å². The standard InChI is InChI=1S/C19H17N5O2S/c1-2-26-19(25)16-17(12-5-3-4-6-14(12)22-23-16)24-8-7-11-13(9-20)18(21)27-15(11)10-24/h3-6H,2,7-8,10,21H2,1H3. The summed E-state index contributed by atoms with van der Waals surface area (Å²) in [6, 6.07) is 9.80. The van der Waals surface area contributed by atoms with Crippen LogP contribution in [0.2, 0.25) is 0 Å². The molecular formula is C19H17N5O2S. The molecule has 7 nitrogen and oxygen atoms in total. The lowest BCUT2D eigenvalue weighted by molar-refractivity contribution is 0.0519. The molecule has 2 N–H and O–H groups in total. The van der Waals surface area contributed by atoms with Gasteiger partial charge in [0.1, 0.15) is 11.1 Å². The number of nitrogens with zero attached hydrogens (tertiary/aromatic N) is 4. The van der Waals surface area contributed by atoms with Crippen LogP contribution in [0.25, 0.3) is 10.9 Å². The van der Waals surface area contributed by atoms with Crippen LogP contribution in [0.5, 0.6) is 0 Å². The average molecular weight is 379 g/mol. The molecule has 2 aromatic heterocycles. The summed E-state index contributed by atoms with van der Waals surface area (Å²) < 4.78 is 5.19. The number of hydrogen-bond donors (Lipinski definition) is 1. The highest BCUT2D eigenvalue weighted by Crippen LogP contribution is 2.38. The summed E-state index contributed by atoms with van der Waals surface area (Å²) in [5.74, 6) is -0.486. The number of carbonyl (C=O) groups is 1. The predicted molar refractivity (Wildman–Crippen MR) is 104 cm³/mol. The largest absolute Gasteiger partial charge is 0.461 e. The van der Waals surface area contributed by atoms with Crippen LogP contribution < -0.4 is 10.6 Å². The maximum Gasteiger partial charge on any atom is 0.361 e. The van der Waals surface area contributed by atoms with E-state index in [1.54, 1.807) is 6.92 Å². The highest BCUT2D eigenvalue weighted by atomic mass is 32.1. The third-order valence-corrected chi connectivity index (χ3v) is 5.67. The molecule has 1 aromatic carbocycles. The van der Waals surface area contributed by atoms with E-state index < -0.39 is 5.97 Å². The van der Waals surface area contributed by atoms with E-state index in [9.17, 15) is 10.1 Å². The lowest BCUT2D eigenvalue weighted by Gasteiger charge is -2.30. The zero-order chi connectivity index (χ0) is 19.0. The Morgan fingerprint density at radius 2 is 2.22 bits per heavy atom. The zero-order valence-corrected chi connectivity index (χ0v) is 15.5. The number of hydrogen-bond acceptors (Lipinski definition) is 8. The quantitative estimate of drug-likeness (QED) is 0.698. The molecule has 0 saturated heterocycles. The minimum absolute atomic E-state index is 0.212. The molecule has 27 heavy (non-hydrogen) atoms. The van der Waals surface area contributed by atoms with Crippen molar-refractivity contribution in [3.63, 3.8) is 0 Å². The second kappa shape index (κ2) is 6.85. The topological polar surface area (TPSA) is 105 Å². The van der Waals surface area contributed by atoms with Gasteiger partial charge in [-0.15, -0.1) is 21.5 Å². The minimum Gasteiger partial charge on any atom is -0.461 e. The van der Waals surface area contributed by atoms with Crippen molar-refractivity contribution in [2.45, 2.75) is 19.9 Å². The normalized spacial score (nSPS) is 13.3. The summed E-state index contributed by atoms with van der Waals surface area (Å²) in [7, 11) is 0. The summed E-state index contributed by atoms with van der Waals surface area (Å²) in [5.41, 5.74) is 9.25. The lowest BCUT2D eigenvalue weighted by Crippen LogP contribution is -2.32. The van der Waals surface area contributed by atoms with Gasteiger partial charge in [-0.3, -0.25) is 0 Å². The maximum atomic E-state index is 12.5. The maximum absolute atomic E-state index is 12.5. The third-order valence-electron chi connectivity index (χ3n) is 4.62. The van der Waals surface area contributed by atoms with Crippen molar-refractivity contribution < 1.29 is 9.53 Å². The van der Waals surface area contributed by atoms with E-state index >= 15 is 0 Å². The Kier molecular flexibility index (Phi) is 4.38. The van der Waals surface area contributed by atoms with E-state index in [2.05, 4.69) is 21.2 Å². The van der Waals surface area contributed by atoms with Gasteiger partial charge in [-0.1, -0.05) is 18.2 Å². The number of nitriles is 1. The van der Waals surface area contributed by atoms with Gasteiger partial charge in [0.25, 0.3) is 0 Å². The number of rotatable bonds is 3. The average Bonchev–Trinajstić information content (AvgIpc) is 3.01. The molecule has 0 atom stereocenters. The molecule has 0 aliphatic carbocycles. The van der Waals surface area contributed by atoms with Crippen molar-refractivity contribution in [2.75, 3.05) is 23.8 Å². The van der Waals surface area contributed by atoms with Crippen LogP contribution in [0.4, 0.5) is 10.7 Å². The van der Waals surface area contributed by atoms with Gasteiger partial charge in [-0.25, -0.2) is 4.79 Å². The van der Waals surface area contributed by atoms with Gasteiger partial charge in [0.15, 0.2) is 5.69 Å². The summed E-state index contributed by atoms with van der Waals surface area (Å²) in [4.78, 5) is 15.6. The number of carbonyl (C=O) groups excluding carboxylic acids is 1. The van der Waals surface area contributed by atoms with Gasteiger partial charge in [-0.2, -0.15) is 5.26 Å². The molecular weight excluding hydrogens is 362 g/mol. The molecule has 0 fully saturated rings. The molecule has 4 rings (SSSR count). The number of fused-ring (bicyclic) bond motifs is 2. The van der Waals surface area contributed by atoms with Crippen molar-refractivity contribution >= 4 is 38.9 Å². The molecule has 3 aromatic rings. The number of benzene rings is 1. The van der Waals surface area contributed by atoms with Crippen LogP contribution in [-0.2, 0) is 17.7 Å². The number of nitrogen functional groups attached to an aromatic ring is 1. The van der Waals surface area contributed by atoms with Gasteiger partial charge >= 0.3 is 5.97 Å². The first kappa shape index (κ1) is 17.2. The Labute approximate surface area is 160 Å². The fraction of sp³-hybridized carbons (Fsp3) is 0.263. The van der Waals surface area contributed by atoms with Gasteiger partial charge in [0.05, 0.1) is 29.9 Å². The molecule has 8 heteroatoms. The fourth-order valence-electron chi connectivity index (χ4n) is 3.44.